The van der Waals surface area contributed by atoms with Crippen LogP contribution in [-0.4, -0.2) is 68.4 Å². The third-order valence-corrected chi connectivity index (χ3v) is 7.14. The van der Waals surface area contributed by atoms with Gasteiger partial charge in [-0.25, -0.2) is 12.7 Å². The van der Waals surface area contributed by atoms with Gasteiger partial charge in [-0.05, 0) is 43.3 Å². The highest BCUT2D eigenvalue weighted by atomic mass is 32.2. The number of hydrogen-bond donors (Lipinski definition) is 1. The third kappa shape index (κ3) is 3.49. The highest BCUT2D eigenvalue weighted by Crippen LogP contribution is 2.31. The van der Waals surface area contributed by atoms with Gasteiger partial charge in [0.25, 0.3) is 5.91 Å². The number of carbonyl (C=O) groups is 1. The van der Waals surface area contributed by atoms with E-state index in [4.69, 9.17) is 0 Å². The maximum atomic E-state index is 12.6. The summed E-state index contributed by atoms with van der Waals surface area (Å²) < 4.78 is 28.3. The number of rotatable bonds is 7. The zero-order valence-corrected chi connectivity index (χ0v) is 17.3. The van der Waals surface area contributed by atoms with E-state index in [2.05, 4.69) is 24.1 Å². The predicted octanol–water partition coefficient (Wildman–Crippen LogP) is 1.52. The Balaban J connectivity index is 2.15. The van der Waals surface area contributed by atoms with Crippen molar-refractivity contribution in [2.24, 2.45) is 0 Å². The molecule has 148 valence electrons. The molecule has 0 bridgehead atoms. The summed E-state index contributed by atoms with van der Waals surface area (Å²) in [5, 5.41) is 3.78. The van der Waals surface area contributed by atoms with E-state index in [1.54, 1.807) is 12.1 Å². The van der Waals surface area contributed by atoms with E-state index in [-0.39, 0.29) is 10.8 Å². The number of likely N-dealkylation sites (N-methyl/N-ethyl adjacent to an activating group) is 1. The minimum absolute atomic E-state index is 0.0796. The molecule has 1 N–H and O–H groups in total. The first-order valence-electron chi connectivity index (χ1n) is 9.39. The molecule has 8 heteroatoms. The lowest BCUT2D eigenvalue weighted by Gasteiger charge is -2.21. The summed E-state index contributed by atoms with van der Waals surface area (Å²) in [4.78, 5) is 15.1. The van der Waals surface area contributed by atoms with Crippen LogP contribution in [0.5, 0.6) is 0 Å². The van der Waals surface area contributed by atoms with E-state index < -0.39 is 10.0 Å². The molecule has 1 aliphatic heterocycles. The molecule has 1 aromatic heterocycles. The van der Waals surface area contributed by atoms with Crippen molar-refractivity contribution in [2.75, 3.05) is 40.3 Å². The molecule has 0 saturated heterocycles. The van der Waals surface area contributed by atoms with Crippen molar-refractivity contribution in [3.05, 3.63) is 29.5 Å². The van der Waals surface area contributed by atoms with Crippen LogP contribution in [0.25, 0.3) is 10.9 Å². The van der Waals surface area contributed by atoms with Crippen molar-refractivity contribution in [1.29, 1.82) is 0 Å². The molecule has 0 radical (unpaired) electrons. The molecular formula is C19H28N4O3S. The maximum absolute atomic E-state index is 12.6. The molecule has 0 aliphatic carbocycles. The van der Waals surface area contributed by atoms with E-state index in [1.807, 2.05) is 10.6 Å². The van der Waals surface area contributed by atoms with Gasteiger partial charge in [0.05, 0.1) is 4.90 Å². The van der Waals surface area contributed by atoms with Crippen LogP contribution in [-0.2, 0) is 23.0 Å². The average Bonchev–Trinajstić information content (AvgIpc) is 2.97. The molecule has 1 aliphatic rings. The Bertz CT molecular complexity index is 959. The molecule has 0 spiro atoms. The molecule has 2 heterocycles. The second kappa shape index (κ2) is 7.61. The molecule has 0 atom stereocenters. The number of carbonyl (C=O) groups excluding carboxylic acids is 1. The summed E-state index contributed by atoms with van der Waals surface area (Å²) in [6, 6.07) is 5.19. The quantitative estimate of drug-likeness (QED) is 0.775. The molecule has 0 fully saturated rings. The van der Waals surface area contributed by atoms with E-state index in [0.29, 0.717) is 25.2 Å². The fourth-order valence-corrected chi connectivity index (χ4v) is 4.61. The summed E-state index contributed by atoms with van der Waals surface area (Å²) in [5.41, 5.74) is 2.54. The predicted molar refractivity (Wildman–Crippen MR) is 107 cm³/mol. The topological polar surface area (TPSA) is 74.7 Å². The Morgan fingerprint density at radius 3 is 2.52 bits per heavy atom. The van der Waals surface area contributed by atoms with Crippen LogP contribution < -0.4 is 5.32 Å². The van der Waals surface area contributed by atoms with Crippen LogP contribution in [0.2, 0.25) is 0 Å². The first-order chi connectivity index (χ1) is 12.8. The molecular weight excluding hydrogens is 364 g/mol. The second-order valence-electron chi connectivity index (χ2n) is 6.98. The van der Waals surface area contributed by atoms with Gasteiger partial charge in [-0.2, -0.15) is 0 Å². The maximum Gasteiger partial charge on any atom is 0.268 e. The van der Waals surface area contributed by atoms with E-state index in [0.717, 1.165) is 36.1 Å². The Labute approximate surface area is 161 Å². The molecule has 1 amide bonds. The Morgan fingerprint density at radius 1 is 1.19 bits per heavy atom. The molecule has 0 unspecified atom stereocenters. The van der Waals surface area contributed by atoms with Crippen molar-refractivity contribution < 1.29 is 13.2 Å². The fraction of sp³-hybridized carbons (Fsp3) is 0.526. The van der Waals surface area contributed by atoms with Gasteiger partial charge in [0.1, 0.15) is 5.69 Å². The summed E-state index contributed by atoms with van der Waals surface area (Å²) in [5.74, 6) is -0.0796. The Morgan fingerprint density at radius 2 is 1.89 bits per heavy atom. The van der Waals surface area contributed by atoms with Gasteiger partial charge in [-0.15, -0.1) is 0 Å². The molecule has 3 rings (SSSR count). The van der Waals surface area contributed by atoms with E-state index in [1.165, 1.54) is 18.4 Å². The SMILES string of the molecule is CCN(CC)CCn1c2c(c3cc(S(=O)(=O)N(C)C)ccc31)CCNC2=O. The minimum atomic E-state index is -3.52. The Hall–Kier alpha value is -1.90. The van der Waals surface area contributed by atoms with Crippen molar-refractivity contribution in [1.82, 2.24) is 19.1 Å². The van der Waals surface area contributed by atoms with Gasteiger partial charge < -0.3 is 14.8 Å². The smallest absolute Gasteiger partial charge is 0.268 e. The number of sulfonamides is 1. The van der Waals surface area contributed by atoms with Gasteiger partial charge >= 0.3 is 0 Å². The largest absolute Gasteiger partial charge is 0.350 e. The molecule has 0 saturated carbocycles. The lowest BCUT2D eigenvalue weighted by Crippen LogP contribution is -2.34. The summed E-state index contributed by atoms with van der Waals surface area (Å²) in [7, 11) is -0.467. The third-order valence-electron chi connectivity index (χ3n) is 5.33. The van der Waals surface area contributed by atoms with Crippen molar-refractivity contribution in [3.8, 4) is 0 Å². The second-order valence-corrected chi connectivity index (χ2v) is 9.13. The number of aromatic nitrogens is 1. The average molecular weight is 393 g/mol. The summed E-state index contributed by atoms with van der Waals surface area (Å²) in [6.45, 7) is 8.26. The van der Waals surface area contributed by atoms with Gasteiger partial charge in [-0.3, -0.25) is 4.79 Å². The van der Waals surface area contributed by atoms with Gasteiger partial charge in [-0.1, -0.05) is 13.8 Å². The van der Waals surface area contributed by atoms with Crippen LogP contribution in [0.15, 0.2) is 23.1 Å². The molecule has 27 heavy (non-hydrogen) atoms. The highest BCUT2D eigenvalue weighted by molar-refractivity contribution is 7.89. The molecule has 2 aromatic rings. The highest BCUT2D eigenvalue weighted by Gasteiger charge is 2.27. The standard InChI is InChI=1S/C19H28N4O3S/c1-5-22(6-2)11-12-23-17-8-7-14(27(25,26)21(3)4)13-16(17)15-9-10-20-19(24)18(15)23/h7-8,13H,5-6,9-12H2,1-4H3,(H,20,24). The molecule has 1 aromatic carbocycles. The molecule has 7 nitrogen and oxygen atoms in total. The first kappa shape index (κ1) is 19.9. The van der Waals surface area contributed by atoms with Crippen LogP contribution in [0, 0.1) is 0 Å². The van der Waals surface area contributed by atoms with Crippen LogP contribution in [0.3, 0.4) is 0 Å². The van der Waals surface area contributed by atoms with E-state index in [9.17, 15) is 13.2 Å². The van der Waals surface area contributed by atoms with Crippen molar-refractivity contribution >= 4 is 26.8 Å². The summed E-state index contributed by atoms with van der Waals surface area (Å²) in [6.07, 6.45) is 0.710. The zero-order valence-electron chi connectivity index (χ0n) is 16.4. The minimum Gasteiger partial charge on any atom is -0.350 e. The van der Waals surface area contributed by atoms with Gasteiger partial charge in [0, 0.05) is 44.6 Å². The van der Waals surface area contributed by atoms with E-state index >= 15 is 0 Å². The van der Waals surface area contributed by atoms with Gasteiger partial charge in [0.2, 0.25) is 10.0 Å². The van der Waals surface area contributed by atoms with Crippen LogP contribution in [0.1, 0.15) is 29.9 Å². The van der Waals surface area contributed by atoms with Crippen molar-refractivity contribution in [3.63, 3.8) is 0 Å². The van der Waals surface area contributed by atoms with Crippen LogP contribution in [0.4, 0.5) is 0 Å². The number of benzene rings is 1. The summed E-state index contributed by atoms with van der Waals surface area (Å²) >= 11 is 0. The number of nitrogens with zero attached hydrogens (tertiary/aromatic N) is 3. The number of hydrogen-bond acceptors (Lipinski definition) is 4. The lowest BCUT2D eigenvalue weighted by molar-refractivity contribution is 0.0936. The first-order valence-corrected chi connectivity index (χ1v) is 10.8. The number of nitrogens with one attached hydrogen (secondary N) is 1. The van der Waals surface area contributed by atoms with Crippen LogP contribution >= 0.6 is 0 Å². The van der Waals surface area contributed by atoms with Gasteiger partial charge in [0.15, 0.2) is 0 Å². The monoisotopic (exact) mass is 392 g/mol. The zero-order chi connectivity index (χ0) is 19.8. The fourth-order valence-electron chi connectivity index (χ4n) is 3.69. The normalized spacial score (nSPS) is 14.8. The lowest BCUT2D eigenvalue weighted by atomic mass is 10.0. The number of amides is 1. The van der Waals surface area contributed by atoms with Crippen molar-refractivity contribution in [2.45, 2.75) is 31.7 Å². The number of fused-ring (bicyclic) bond motifs is 3. The Kier molecular flexibility index (Phi) is 5.60.